The van der Waals surface area contributed by atoms with Crippen LogP contribution in [0.1, 0.15) is 429 Å². The number of rotatable bonds is 57. The Hall–Kier alpha value is -7.76. The topological polar surface area (TPSA) is 74.8 Å². The van der Waals surface area contributed by atoms with Crippen molar-refractivity contribution in [3.05, 3.63) is 220 Å². The molecule has 0 saturated carbocycles. The molecule has 7 aromatic carbocycles. The summed E-state index contributed by atoms with van der Waals surface area (Å²) >= 11 is 15.2. The number of hydrogen-bond donors (Lipinski definition) is 0. The first kappa shape index (κ1) is 106. The van der Waals surface area contributed by atoms with E-state index in [0.717, 1.165) is 205 Å². The Morgan fingerprint density at radius 1 is 0.352 bits per heavy atom. The van der Waals surface area contributed by atoms with Crippen LogP contribution in [0.25, 0.3) is 114 Å². The van der Waals surface area contributed by atoms with Gasteiger partial charge < -0.3 is 0 Å². The first-order valence-electron chi connectivity index (χ1n) is 55.9. The third kappa shape index (κ3) is 20.1. The standard InChI is InChI=1S/C128H158N2O4S8/c1-16-29-36-39-42-53-77-129-121(131)109-107-115(139-117(109)123(129)133)113(94-68-62-87-63-69-95-98(70-64-88-61-67-93(94)103(87)104(88)95)126(27-12,75-50-32-19-4)89-57-46-44-47-58-89)141-119(107)125(15,74-52-41-38-31-18-3)128(73-23-8,83-84(14)24-9)102-82-97-106(100-72-66-92(136-100)80-86(26-11)56-35-22-7)111-96(105(112(97)138-102)99-71-65-91(135-99)79-85(25-10)55-34-21-6)81-101(137-111)114-116-108(110-118(140-116)124(134)130(122(110)132)78-54-43-40-37-30-17-2)120(142-114)127(28-13,76-51-33-20-5)90-59-48-45-49-60-90/h23,44-49,57-73,81-82,84-86H,16-22,24-43,50-56,74-80,83H2,1-15H3/b73-23-. The highest BCUT2D eigenvalue weighted by Crippen LogP contribution is 2.66. The molecule has 0 N–H and O–H groups in total. The molecule has 4 amide bonds. The number of unbranched alkanes of at least 4 members (excludes halogenated alkanes) is 20. The highest BCUT2D eigenvalue weighted by molar-refractivity contribution is 7.32. The van der Waals surface area contributed by atoms with E-state index in [1.807, 2.05) is 56.7 Å². The van der Waals surface area contributed by atoms with Crippen LogP contribution in [0.3, 0.4) is 0 Å². The molecule has 2 aliphatic heterocycles. The molecule has 7 unspecified atom stereocenters. The largest absolute Gasteiger partial charge is 0.274 e. The van der Waals surface area contributed by atoms with E-state index >= 15 is 19.2 Å². The molecule has 0 radical (unpaired) electrons. The molecule has 10 heterocycles. The number of hydrogen-bond acceptors (Lipinski definition) is 12. The second-order valence-electron chi connectivity index (χ2n) is 42.7. The first-order valence-corrected chi connectivity index (χ1v) is 62.4. The number of nitrogens with zero attached hydrogens (tertiary/aromatic N) is 2. The van der Waals surface area contributed by atoms with E-state index in [-0.39, 0.29) is 35.0 Å². The van der Waals surface area contributed by atoms with Crippen LogP contribution >= 0.6 is 90.7 Å². The third-order valence-electron chi connectivity index (χ3n) is 33.6. The molecule has 6 nitrogen and oxygen atoms in total. The Labute approximate surface area is 882 Å². The average Bonchev–Trinajstić information content (AvgIpc) is 1.51. The van der Waals surface area contributed by atoms with Crippen molar-refractivity contribution in [2.24, 2.45) is 17.8 Å². The van der Waals surface area contributed by atoms with E-state index in [0.29, 0.717) is 45.8 Å². The van der Waals surface area contributed by atoms with Crippen molar-refractivity contribution in [2.75, 3.05) is 13.1 Å². The van der Waals surface area contributed by atoms with Gasteiger partial charge in [-0.05, 0) is 174 Å². The average molecular weight is 2050 g/mol. The number of fused-ring (bicyclic) bond motifs is 8. The van der Waals surface area contributed by atoms with Crippen LogP contribution in [0.15, 0.2) is 158 Å². The monoisotopic (exact) mass is 2040 g/mol. The maximum atomic E-state index is 16.6. The SMILES string of the molecule is C/C=C\C(CC(C)CC)(c1cc2c(-c3ccc(CC(CC)CCCC)s3)c3sc(-c4sc(C(CC)(CCCCC)c5ccccc5)c5c6c(sc45)C(=O)N(CCCCCCCC)C6=O)cc3c(-c3ccc(CC(CC)CCCC)s3)c2s1)C(C)(CCCCCCC)c1sc(-c2ccc3ccc4c(C(CC)(CCCCC)c5ccccc5)ccc5ccc2c3c54)c2sc3c(c12)C(=O)N(CCCCCCCC)C3=O. The summed E-state index contributed by atoms with van der Waals surface area (Å²) in [6.07, 6.45) is 48.4. The maximum Gasteiger partial charge on any atom is 0.271 e. The van der Waals surface area contributed by atoms with Crippen LogP contribution in [0, 0.1) is 17.8 Å². The van der Waals surface area contributed by atoms with Crippen LogP contribution < -0.4 is 0 Å². The van der Waals surface area contributed by atoms with Gasteiger partial charge in [-0.3, -0.25) is 29.0 Å². The first-order chi connectivity index (χ1) is 69.3. The Bertz CT molecular complexity index is 6780. The zero-order valence-corrected chi connectivity index (χ0v) is 94.8. The minimum Gasteiger partial charge on any atom is -0.274 e. The van der Waals surface area contributed by atoms with E-state index in [9.17, 15) is 0 Å². The molecule has 15 aromatic rings. The Morgan fingerprint density at radius 2 is 0.803 bits per heavy atom. The lowest BCUT2D eigenvalue weighted by Gasteiger charge is -2.48. The summed E-state index contributed by atoms with van der Waals surface area (Å²) in [6, 6.07) is 57.5. The number of carbonyl (C=O) groups excluding carboxylic acids is 4. The van der Waals surface area contributed by atoms with Gasteiger partial charge in [-0.1, -0.05) is 411 Å². The second-order valence-corrected chi connectivity index (χ2v) is 51.2. The Balaban J connectivity index is 0.954. The van der Waals surface area contributed by atoms with E-state index in [4.69, 9.17) is 0 Å². The molecule has 17 rings (SSSR count). The van der Waals surface area contributed by atoms with Crippen LogP contribution in [0.4, 0.5) is 0 Å². The van der Waals surface area contributed by atoms with Gasteiger partial charge in [0.15, 0.2) is 0 Å². The number of carbonyl (C=O) groups is 4. The van der Waals surface area contributed by atoms with Crippen molar-refractivity contribution in [3.8, 4) is 41.1 Å². The lowest BCUT2D eigenvalue weighted by molar-refractivity contribution is 0.0637. The number of amides is 4. The summed E-state index contributed by atoms with van der Waals surface area (Å²) in [5, 5.41) is 12.2. The van der Waals surface area contributed by atoms with Crippen molar-refractivity contribution in [2.45, 2.75) is 382 Å². The molecule has 0 spiro atoms. The van der Waals surface area contributed by atoms with Gasteiger partial charge in [0, 0.05) is 121 Å². The minimum absolute atomic E-state index is 0.115. The highest BCUT2D eigenvalue weighted by atomic mass is 32.1. The number of imide groups is 2. The zero-order chi connectivity index (χ0) is 99.6. The van der Waals surface area contributed by atoms with Crippen molar-refractivity contribution in [1.29, 1.82) is 0 Å². The van der Waals surface area contributed by atoms with Gasteiger partial charge in [0.25, 0.3) is 23.6 Å². The number of thiophene rings is 8. The fourth-order valence-corrected chi connectivity index (χ4v) is 36.5. The summed E-state index contributed by atoms with van der Waals surface area (Å²) in [4.78, 5) is 81.4. The second kappa shape index (κ2) is 47.6. The molecule has 7 atom stereocenters. The van der Waals surface area contributed by atoms with Gasteiger partial charge in [-0.2, -0.15) is 0 Å². The lowest BCUT2D eigenvalue weighted by atomic mass is 9.56. The van der Waals surface area contributed by atoms with Crippen molar-refractivity contribution in [3.63, 3.8) is 0 Å². The summed E-state index contributed by atoms with van der Waals surface area (Å²) in [5.41, 5.74) is 7.14. The normalized spacial score (nSPS) is 15.6. The molecular weight excluding hydrogens is 1890 g/mol. The highest BCUT2D eigenvalue weighted by Gasteiger charge is 2.55. The van der Waals surface area contributed by atoms with Crippen molar-refractivity contribution in [1.82, 2.24) is 9.80 Å². The van der Waals surface area contributed by atoms with Gasteiger partial charge in [0.1, 0.15) is 9.75 Å². The molecule has 142 heavy (non-hydrogen) atoms. The molecule has 752 valence electrons. The fourth-order valence-electron chi connectivity index (χ4n) is 25.0. The van der Waals surface area contributed by atoms with Crippen LogP contribution in [-0.4, -0.2) is 46.5 Å². The maximum absolute atomic E-state index is 16.6. The van der Waals surface area contributed by atoms with Crippen LogP contribution in [-0.2, 0) is 34.5 Å². The molecule has 0 aliphatic carbocycles. The molecular formula is C128H158N2O4S8. The fraction of sp³-hybridized carbons (Fsp3) is 0.500. The summed E-state index contributed by atoms with van der Waals surface area (Å²) < 4.78 is 4.76. The summed E-state index contributed by atoms with van der Waals surface area (Å²) in [6.45, 7) is 36.5. The smallest absolute Gasteiger partial charge is 0.271 e. The molecule has 14 heteroatoms. The summed E-state index contributed by atoms with van der Waals surface area (Å²) in [7, 11) is 0. The van der Waals surface area contributed by atoms with E-state index in [2.05, 4.69) is 273 Å². The van der Waals surface area contributed by atoms with Gasteiger partial charge in [-0.15, -0.1) is 90.7 Å². The molecule has 0 bridgehead atoms. The Morgan fingerprint density at radius 3 is 1.33 bits per heavy atom. The number of allylic oxidation sites excluding steroid dienone is 2. The van der Waals surface area contributed by atoms with E-state index in [1.54, 1.807) is 32.5 Å². The van der Waals surface area contributed by atoms with Gasteiger partial charge in [0.2, 0.25) is 0 Å². The van der Waals surface area contributed by atoms with Gasteiger partial charge >= 0.3 is 0 Å². The predicted octanol–water partition coefficient (Wildman–Crippen LogP) is 41.9. The van der Waals surface area contributed by atoms with Crippen LogP contribution in [0.5, 0.6) is 0 Å². The van der Waals surface area contributed by atoms with Gasteiger partial charge in [-0.25, -0.2) is 0 Å². The quantitative estimate of drug-likeness (QED) is 0.0165. The number of benzene rings is 7. The third-order valence-corrected chi connectivity index (χ3v) is 44.0. The molecule has 0 saturated heterocycles. The molecule has 8 aromatic heterocycles. The lowest BCUT2D eigenvalue weighted by Crippen LogP contribution is -2.46. The predicted molar refractivity (Wildman–Crippen MR) is 627 cm³/mol. The van der Waals surface area contributed by atoms with Crippen molar-refractivity contribution < 1.29 is 19.2 Å². The molecule has 0 fully saturated rings. The molecule has 2 aliphatic rings. The Kier molecular flexibility index (Phi) is 35.4. The van der Waals surface area contributed by atoms with Crippen molar-refractivity contribution >= 4 is 187 Å². The van der Waals surface area contributed by atoms with Crippen LogP contribution in [0.2, 0.25) is 0 Å². The zero-order valence-electron chi connectivity index (χ0n) is 88.2. The van der Waals surface area contributed by atoms with E-state index < -0.39 is 16.2 Å². The van der Waals surface area contributed by atoms with Gasteiger partial charge in [0.05, 0.1) is 30.3 Å². The van der Waals surface area contributed by atoms with E-state index in [1.165, 1.54) is 207 Å². The minimum atomic E-state index is -0.686. The summed E-state index contributed by atoms with van der Waals surface area (Å²) in [5.74, 6) is 0.943.